The van der Waals surface area contributed by atoms with E-state index in [9.17, 15) is 9.59 Å². The van der Waals surface area contributed by atoms with Gasteiger partial charge in [0.1, 0.15) is 0 Å². The summed E-state index contributed by atoms with van der Waals surface area (Å²) < 4.78 is 0. The Balaban J connectivity index is 1.37. The van der Waals surface area contributed by atoms with E-state index in [1.165, 1.54) is 19.3 Å². The second kappa shape index (κ2) is 7.05. The van der Waals surface area contributed by atoms with Crippen LogP contribution in [0.2, 0.25) is 0 Å². The van der Waals surface area contributed by atoms with Crippen LogP contribution in [-0.2, 0) is 9.59 Å². The SMILES string of the molecule is C[C@H](C(=O)N1CCC2(CCC(=O)N(C3CCC3)C2)CC1)c1ccccc1. The Labute approximate surface area is 156 Å². The molecule has 0 radical (unpaired) electrons. The van der Waals surface area contributed by atoms with Crippen molar-refractivity contribution in [2.75, 3.05) is 19.6 Å². The summed E-state index contributed by atoms with van der Waals surface area (Å²) in [5, 5.41) is 0. The van der Waals surface area contributed by atoms with Gasteiger partial charge in [-0.25, -0.2) is 0 Å². The first-order chi connectivity index (χ1) is 12.6. The quantitative estimate of drug-likeness (QED) is 0.832. The predicted octanol–water partition coefficient (Wildman–Crippen LogP) is 3.57. The van der Waals surface area contributed by atoms with Crippen LogP contribution in [0.15, 0.2) is 30.3 Å². The molecule has 26 heavy (non-hydrogen) atoms. The summed E-state index contributed by atoms with van der Waals surface area (Å²) in [6, 6.07) is 10.6. The summed E-state index contributed by atoms with van der Waals surface area (Å²) in [5.41, 5.74) is 1.34. The van der Waals surface area contributed by atoms with Crippen LogP contribution in [0.5, 0.6) is 0 Å². The first-order valence-corrected chi connectivity index (χ1v) is 10.2. The minimum absolute atomic E-state index is 0.0790. The van der Waals surface area contributed by atoms with Crippen molar-refractivity contribution in [3.63, 3.8) is 0 Å². The third kappa shape index (κ3) is 3.26. The molecule has 1 aromatic rings. The molecule has 4 nitrogen and oxygen atoms in total. The number of benzene rings is 1. The molecule has 1 atom stereocenters. The molecule has 0 aromatic heterocycles. The van der Waals surface area contributed by atoms with Crippen molar-refractivity contribution < 1.29 is 9.59 Å². The summed E-state index contributed by atoms with van der Waals surface area (Å²) in [4.78, 5) is 29.5. The van der Waals surface area contributed by atoms with Gasteiger partial charge in [0.2, 0.25) is 11.8 Å². The minimum atomic E-state index is -0.0790. The molecule has 1 spiro atoms. The Hall–Kier alpha value is -1.84. The van der Waals surface area contributed by atoms with E-state index < -0.39 is 0 Å². The number of amides is 2. The summed E-state index contributed by atoms with van der Waals surface area (Å²) in [7, 11) is 0. The molecular weight excluding hydrogens is 324 g/mol. The molecule has 4 rings (SSSR count). The average molecular weight is 354 g/mol. The van der Waals surface area contributed by atoms with Crippen LogP contribution in [0.4, 0.5) is 0 Å². The second-order valence-corrected chi connectivity index (χ2v) is 8.56. The van der Waals surface area contributed by atoms with Crippen molar-refractivity contribution >= 4 is 11.8 Å². The van der Waals surface area contributed by atoms with Gasteiger partial charge < -0.3 is 9.80 Å². The molecule has 140 valence electrons. The Morgan fingerprint density at radius 2 is 1.81 bits per heavy atom. The minimum Gasteiger partial charge on any atom is -0.342 e. The number of piperidine rings is 2. The third-order valence-electron chi connectivity index (χ3n) is 7.02. The van der Waals surface area contributed by atoms with Gasteiger partial charge in [0.15, 0.2) is 0 Å². The third-order valence-corrected chi connectivity index (χ3v) is 7.02. The summed E-state index contributed by atoms with van der Waals surface area (Å²) in [6.45, 7) is 4.61. The van der Waals surface area contributed by atoms with Crippen LogP contribution in [-0.4, -0.2) is 47.3 Å². The summed E-state index contributed by atoms with van der Waals surface area (Å²) in [6.07, 6.45) is 7.41. The standard InChI is InChI=1S/C22H30N2O2/c1-17(18-6-3-2-4-7-18)21(26)23-14-12-22(13-15-23)11-10-20(25)24(16-22)19-8-5-9-19/h2-4,6-7,17,19H,5,8-16H2,1H3/t17-/m0/s1. The zero-order valence-corrected chi connectivity index (χ0v) is 15.8. The van der Waals surface area contributed by atoms with Gasteiger partial charge in [0.25, 0.3) is 0 Å². The highest BCUT2D eigenvalue weighted by atomic mass is 16.2. The van der Waals surface area contributed by atoms with Crippen LogP contribution in [0.1, 0.15) is 63.4 Å². The van der Waals surface area contributed by atoms with E-state index in [0.717, 1.165) is 44.5 Å². The number of carbonyl (C=O) groups is 2. The molecule has 3 fully saturated rings. The maximum Gasteiger partial charge on any atom is 0.229 e. The van der Waals surface area contributed by atoms with Gasteiger partial charge in [-0.05, 0) is 56.4 Å². The van der Waals surface area contributed by atoms with E-state index in [4.69, 9.17) is 0 Å². The van der Waals surface area contributed by atoms with E-state index in [1.807, 2.05) is 42.2 Å². The zero-order chi connectivity index (χ0) is 18.1. The van der Waals surface area contributed by atoms with E-state index in [2.05, 4.69) is 4.90 Å². The molecule has 2 aliphatic heterocycles. The van der Waals surface area contributed by atoms with Crippen LogP contribution < -0.4 is 0 Å². The van der Waals surface area contributed by atoms with Crippen LogP contribution in [0, 0.1) is 5.41 Å². The van der Waals surface area contributed by atoms with Crippen molar-refractivity contribution in [2.45, 2.75) is 63.8 Å². The molecule has 0 bridgehead atoms. The number of hydrogen-bond donors (Lipinski definition) is 0. The topological polar surface area (TPSA) is 40.6 Å². The molecule has 0 unspecified atom stereocenters. The fourth-order valence-electron chi connectivity index (χ4n) is 4.84. The van der Waals surface area contributed by atoms with Crippen molar-refractivity contribution in [3.05, 3.63) is 35.9 Å². The Morgan fingerprint density at radius 1 is 1.12 bits per heavy atom. The van der Waals surface area contributed by atoms with Crippen LogP contribution >= 0.6 is 0 Å². The molecule has 3 aliphatic rings. The normalized spacial score (nSPS) is 24.4. The lowest BCUT2D eigenvalue weighted by Gasteiger charge is -2.51. The average Bonchev–Trinajstić information content (AvgIpc) is 2.64. The van der Waals surface area contributed by atoms with Gasteiger partial charge in [-0.1, -0.05) is 30.3 Å². The maximum atomic E-state index is 12.9. The van der Waals surface area contributed by atoms with Crippen LogP contribution in [0.25, 0.3) is 0 Å². The molecular formula is C22H30N2O2. The Bertz CT molecular complexity index is 660. The summed E-state index contributed by atoms with van der Waals surface area (Å²) in [5.74, 6) is 0.523. The van der Waals surface area contributed by atoms with E-state index in [0.29, 0.717) is 18.4 Å². The lowest BCUT2D eigenvalue weighted by atomic mass is 9.71. The Kier molecular flexibility index (Phi) is 4.76. The van der Waals surface area contributed by atoms with E-state index in [-0.39, 0.29) is 17.2 Å². The molecule has 0 N–H and O–H groups in total. The van der Waals surface area contributed by atoms with Crippen molar-refractivity contribution in [2.24, 2.45) is 5.41 Å². The van der Waals surface area contributed by atoms with Gasteiger partial charge in [0.05, 0.1) is 5.92 Å². The molecule has 2 heterocycles. The molecule has 2 saturated heterocycles. The van der Waals surface area contributed by atoms with E-state index in [1.54, 1.807) is 0 Å². The van der Waals surface area contributed by atoms with Gasteiger partial charge in [-0.3, -0.25) is 9.59 Å². The first-order valence-electron chi connectivity index (χ1n) is 10.2. The van der Waals surface area contributed by atoms with Crippen molar-refractivity contribution in [1.29, 1.82) is 0 Å². The molecule has 4 heteroatoms. The highest BCUT2D eigenvalue weighted by Gasteiger charge is 2.44. The van der Waals surface area contributed by atoms with E-state index >= 15 is 0 Å². The lowest BCUT2D eigenvalue weighted by Crippen LogP contribution is -2.56. The number of likely N-dealkylation sites (tertiary alicyclic amines) is 2. The number of hydrogen-bond acceptors (Lipinski definition) is 2. The molecule has 2 amide bonds. The Morgan fingerprint density at radius 3 is 2.42 bits per heavy atom. The number of carbonyl (C=O) groups excluding carboxylic acids is 2. The second-order valence-electron chi connectivity index (χ2n) is 8.56. The summed E-state index contributed by atoms with van der Waals surface area (Å²) >= 11 is 0. The van der Waals surface area contributed by atoms with Crippen molar-refractivity contribution in [1.82, 2.24) is 9.80 Å². The van der Waals surface area contributed by atoms with Gasteiger partial charge in [0, 0.05) is 32.1 Å². The van der Waals surface area contributed by atoms with Gasteiger partial charge in [-0.15, -0.1) is 0 Å². The smallest absolute Gasteiger partial charge is 0.229 e. The number of rotatable bonds is 3. The maximum absolute atomic E-state index is 12.9. The monoisotopic (exact) mass is 354 g/mol. The molecule has 1 saturated carbocycles. The molecule has 1 aliphatic carbocycles. The molecule has 1 aromatic carbocycles. The fraction of sp³-hybridized carbons (Fsp3) is 0.636. The van der Waals surface area contributed by atoms with Gasteiger partial charge >= 0.3 is 0 Å². The largest absolute Gasteiger partial charge is 0.342 e. The zero-order valence-electron chi connectivity index (χ0n) is 15.8. The van der Waals surface area contributed by atoms with Crippen molar-refractivity contribution in [3.8, 4) is 0 Å². The fourth-order valence-corrected chi connectivity index (χ4v) is 4.84. The first kappa shape index (κ1) is 17.6. The van der Waals surface area contributed by atoms with Gasteiger partial charge in [-0.2, -0.15) is 0 Å². The van der Waals surface area contributed by atoms with Crippen LogP contribution in [0.3, 0.4) is 0 Å². The highest BCUT2D eigenvalue weighted by Crippen LogP contribution is 2.43. The highest BCUT2D eigenvalue weighted by molar-refractivity contribution is 5.83. The lowest BCUT2D eigenvalue weighted by molar-refractivity contribution is -0.147. The number of nitrogens with zero attached hydrogens (tertiary/aromatic N) is 2. The predicted molar refractivity (Wildman–Crippen MR) is 102 cm³/mol.